The standard InChI is InChI=1S/C11H16N2O3/c12-4-1-10(15)13-5-3-11(8-13)7-9(14)2-6-16-11/h9,14H,1-3,5-8H2. The van der Waals surface area contributed by atoms with Gasteiger partial charge in [-0.15, -0.1) is 0 Å². The van der Waals surface area contributed by atoms with E-state index >= 15 is 0 Å². The second-order valence-electron chi connectivity index (χ2n) is 4.58. The lowest BCUT2D eigenvalue weighted by atomic mass is 9.91. The Balaban J connectivity index is 1.96. The van der Waals surface area contributed by atoms with E-state index in [2.05, 4.69) is 0 Å². The average molecular weight is 224 g/mol. The molecule has 2 aliphatic heterocycles. The van der Waals surface area contributed by atoms with Crippen LogP contribution in [0.15, 0.2) is 0 Å². The van der Waals surface area contributed by atoms with Crippen molar-refractivity contribution in [1.29, 1.82) is 5.26 Å². The van der Waals surface area contributed by atoms with Gasteiger partial charge in [-0.3, -0.25) is 4.79 Å². The van der Waals surface area contributed by atoms with Gasteiger partial charge in [0.25, 0.3) is 0 Å². The molecule has 0 aliphatic carbocycles. The molecular formula is C11H16N2O3. The molecule has 1 amide bonds. The Morgan fingerprint density at radius 1 is 1.69 bits per heavy atom. The van der Waals surface area contributed by atoms with Crippen molar-refractivity contribution in [3.05, 3.63) is 0 Å². The first-order valence-electron chi connectivity index (χ1n) is 5.62. The largest absolute Gasteiger partial charge is 0.393 e. The van der Waals surface area contributed by atoms with Crippen LogP contribution >= 0.6 is 0 Å². The highest BCUT2D eigenvalue weighted by Gasteiger charge is 2.44. The molecule has 2 atom stereocenters. The SMILES string of the molecule is N#CCC(=O)N1CCC2(CC(O)CCO2)C1. The zero-order valence-corrected chi connectivity index (χ0v) is 9.19. The number of nitriles is 1. The van der Waals surface area contributed by atoms with Crippen LogP contribution in [0.3, 0.4) is 0 Å². The minimum atomic E-state index is -0.358. The fourth-order valence-corrected chi connectivity index (χ4v) is 2.52. The third kappa shape index (κ3) is 2.18. The molecule has 0 saturated carbocycles. The van der Waals surface area contributed by atoms with E-state index in [0.29, 0.717) is 32.5 Å². The summed E-state index contributed by atoms with van der Waals surface area (Å²) in [5, 5.41) is 18.1. The quantitative estimate of drug-likeness (QED) is 0.682. The molecule has 2 aliphatic rings. The van der Waals surface area contributed by atoms with Crippen molar-refractivity contribution in [2.45, 2.75) is 37.4 Å². The monoisotopic (exact) mass is 224 g/mol. The van der Waals surface area contributed by atoms with Gasteiger partial charge in [-0.05, 0) is 12.8 Å². The van der Waals surface area contributed by atoms with Crippen molar-refractivity contribution in [2.24, 2.45) is 0 Å². The Morgan fingerprint density at radius 2 is 2.50 bits per heavy atom. The molecule has 2 unspecified atom stereocenters. The van der Waals surface area contributed by atoms with E-state index in [0.717, 1.165) is 6.42 Å². The van der Waals surface area contributed by atoms with Gasteiger partial charge in [-0.25, -0.2) is 0 Å². The lowest BCUT2D eigenvalue weighted by Crippen LogP contribution is -2.44. The number of rotatable bonds is 1. The van der Waals surface area contributed by atoms with Crippen molar-refractivity contribution in [1.82, 2.24) is 4.90 Å². The highest BCUT2D eigenvalue weighted by Crippen LogP contribution is 2.34. The fourth-order valence-electron chi connectivity index (χ4n) is 2.52. The predicted molar refractivity (Wildman–Crippen MR) is 55.4 cm³/mol. The van der Waals surface area contributed by atoms with E-state index in [1.165, 1.54) is 0 Å². The van der Waals surface area contributed by atoms with Crippen molar-refractivity contribution in [3.8, 4) is 6.07 Å². The van der Waals surface area contributed by atoms with Crippen molar-refractivity contribution in [3.63, 3.8) is 0 Å². The third-order valence-electron chi connectivity index (χ3n) is 3.37. The molecule has 2 fully saturated rings. The third-order valence-corrected chi connectivity index (χ3v) is 3.37. The van der Waals surface area contributed by atoms with Crippen LogP contribution in [0.25, 0.3) is 0 Å². The zero-order chi connectivity index (χ0) is 11.6. The number of aliphatic hydroxyl groups is 1. The second kappa shape index (κ2) is 4.40. The van der Waals surface area contributed by atoms with E-state index in [4.69, 9.17) is 10.00 Å². The Morgan fingerprint density at radius 3 is 3.19 bits per heavy atom. The van der Waals surface area contributed by atoms with E-state index in [1.54, 1.807) is 4.90 Å². The second-order valence-corrected chi connectivity index (χ2v) is 4.58. The molecule has 0 aromatic heterocycles. The number of amides is 1. The van der Waals surface area contributed by atoms with Crippen LogP contribution in [-0.2, 0) is 9.53 Å². The minimum Gasteiger partial charge on any atom is -0.393 e. The summed E-state index contributed by atoms with van der Waals surface area (Å²) in [6.45, 7) is 1.71. The van der Waals surface area contributed by atoms with Crippen LogP contribution in [-0.4, -0.2) is 47.3 Å². The lowest BCUT2D eigenvalue weighted by Gasteiger charge is -2.36. The number of carbonyl (C=O) groups is 1. The smallest absolute Gasteiger partial charge is 0.236 e. The normalized spacial score (nSPS) is 34.0. The van der Waals surface area contributed by atoms with Crippen molar-refractivity contribution >= 4 is 5.91 Å². The molecule has 5 heteroatoms. The van der Waals surface area contributed by atoms with Gasteiger partial charge in [-0.2, -0.15) is 5.26 Å². The van der Waals surface area contributed by atoms with Crippen LogP contribution in [0.2, 0.25) is 0 Å². The molecule has 2 rings (SSSR count). The molecule has 0 bridgehead atoms. The summed E-state index contributed by atoms with van der Waals surface area (Å²) < 4.78 is 5.72. The molecule has 2 heterocycles. The summed E-state index contributed by atoms with van der Waals surface area (Å²) in [5.41, 5.74) is -0.358. The van der Waals surface area contributed by atoms with E-state index in [9.17, 15) is 9.90 Å². The Bertz CT molecular complexity index is 326. The van der Waals surface area contributed by atoms with Gasteiger partial charge in [0.15, 0.2) is 0 Å². The van der Waals surface area contributed by atoms with Gasteiger partial charge >= 0.3 is 0 Å². The minimum absolute atomic E-state index is 0.0708. The van der Waals surface area contributed by atoms with Gasteiger partial charge in [-0.1, -0.05) is 0 Å². The van der Waals surface area contributed by atoms with Crippen LogP contribution in [0.1, 0.15) is 25.7 Å². The van der Waals surface area contributed by atoms with Crippen LogP contribution < -0.4 is 0 Å². The summed E-state index contributed by atoms with van der Waals surface area (Å²) in [6, 6.07) is 1.86. The van der Waals surface area contributed by atoms with Crippen molar-refractivity contribution in [2.75, 3.05) is 19.7 Å². The average Bonchev–Trinajstić information content (AvgIpc) is 2.62. The van der Waals surface area contributed by atoms with Crippen LogP contribution in [0, 0.1) is 11.3 Å². The van der Waals surface area contributed by atoms with E-state index < -0.39 is 0 Å². The summed E-state index contributed by atoms with van der Waals surface area (Å²) >= 11 is 0. The molecular weight excluding hydrogens is 208 g/mol. The van der Waals surface area contributed by atoms with Crippen LogP contribution in [0.4, 0.5) is 0 Å². The van der Waals surface area contributed by atoms with Gasteiger partial charge in [0.2, 0.25) is 5.91 Å². The molecule has 1 N–H and O–H groups in total. The van der Waals surface area contributed by atoms with Gasteiger partial charge in [0.1, 0.15) is 6.42 Å². The Labute approximate surface area is 94.6 Å². The lowest BCUT2D eigenvalue weighted by molar-refractivity contribution is -0.135. The summed E-state index contributed by atoms with van der Waals surface area (Å²) in [7, 11) is 0. The highest BCUT2D eigenvalue weighted by atomic mass is 16.5. The summed E-state index contributed by atoms with van der Waals surface area (Å²) in [6.07, 6.45) is 1.65. The first-order valence-corrected chi connectivity index (χ1v) is 5.62. The number of carbonyl (C=O) groups excluding carboxylic acids is 1. The molecule has 5 nitrogen and oxygen atoms in total. The first-order chi connectivity index (χ1) is 7.65. The molecule has 16 heavy (non-hydrogen) atoms. The molecule has 0 aromatic rings. The molecule has 88 valence electrons. The zero-order valence-electron chi connectivity index (χ0n) is 9.19. The fraction of sp³-hybridized carbons (Fsp3) is 0.818. The Hall–Kier alpha value is -1.12. The highest BCUT2D eigenvalue weighted by molar-refractivity contribution is 5.78. The van der Waals surface area contributed by atoms with E-state index in [1.807, 2.05) is 6.07 Å². The number of likely N-dealkylation sites (tertiary alicyclic amines) is 1. The maximum absolute atomic E-state index is 11.5. The van der Waals surface area contributed by atoms with Crippen molar-refractivity contribution < 1.29 is 14.6 Å². The van der Waals surface area contributed by atoms with E-state index in [-0.39, 0.29) is 24.0 Å². The Kier molecular flexibility index (Phi) is 3.13. The molecule has 0 radical (unpaired) electrons. The maximum atomic E-state index is 11.5. The number of nitrogens with zero attached hydrogens (tertiary/aromatic N) is 2. The number of hydrogen-bond donors (Lipinski definition) is 1. The summed E-state index contributed by atoms with van der Waals surface area (Å²) in [4.78, 5) is 13.2. The van der Waals surface area contributed by atoms with Gasteiger partial charge in [0, 0.05) is 26.1 Å². The molecule has 0 aromatic carbocycles. The predicted octanol–water partition coefficient (Wildman–Crippen LogP) is 0.0425. The van der Waals surface area contributed by atoms with Gasteiger partial charge < -0.3 is 14.7 Å². The van der Waals surface area contributed by atoms with Gasteiger partial charge in [0.05, 0.1) is 17.8 Å². The first kappa shape index (κ1) is 11.4. The number of ether oxygens (including phenoxy) is 1. The maximum Gasteiger partial charge on any atom is 0.236 e. The summed E-state index contributed by atoms with van der Waals surface area (Å²) in [5.74, 6) is -0.136. The topological polar surface area (TPSA) is 73.6 Å². The van der Waals surface area contributed by atoms with Crippen LogP contribution in [0.5, 0.6) is 0 Å². The number of aliphatic hydroxyl groups excluding tert-OH is 1. The number of hydrogen-bond acceptors (Lipinski definition) is 4. The molecule has 2 saturated heterocycles. The molecule has 1 spiro atoms.